The number of nitrogens with one attached hydrogen (secondary N) is 1. The topological polar surface area (TPSA) is 30.5 Å². The zero-order valence-electron chi connectivity index (χ0n) is 11.4. The van der Waals surface area contributed by atoms with Crippen LogP contribution in [0.3, 0.4) is 0 Å². The van der Waals surface area contributed by atoms with Crippen molar-refractivity contribution >= 4 is 0 Å². The lowest BCUT2D eigenvalue weighted by atomic mass is 10.1. The lowest BCUT2D eigenvalue weighted by Crippen LogP contribution is -2.38. The van der Waals surface area contributed by atoms with Crippen molar-refractivity contribution in [3.63, 3.8) is 0 Å². The maximum Gasteiger partial charge on any atom is 0.169 e. The molecular weight excluding hydrogens is 202 g/mol. The second-order valence-electron chi connectivity index (χ2n) is 4.02. The SMILES string of the molecule is CCCC(CCC)NCC(OCC)OCC. The van der Waals surface area contributed by atoms with Gasteiger partial charge in [-0.1, -0.05) is 26.7 Å². The van der Waals surface area contributed by atoms with E-state index in [1.165, 1.54) is 25.7 Å². The van der Waals surface area contributed by atoms with E-state index in [1.54, 1.807) is 0 Å². The van der Waals surface area contributed by atoms with Gasteiger partial charge in [0.25, 0.3) is 0 Å². The van der Waals surface area contributed by atoms with Crippen molar-refractivity contribution in [1.82, 2.24) is 5.32 Å². The largest absolute Gasteiger partial charge is 0.352 e. The van der Waals surface area contributed by atoms with Crippen molar-refractivity contribution in [3.8, 4) is 0 Å². The zero-order chi connectivity index (χ0) is 12.2. The maximum atomic E-state index is 5.50. The Morgan fingerprint density at radius 2 is 1.38 bits per heavy atom. The molecule has 0 radical (unpaired) electrons. The third-order valence-corrected chi connectivity index (χ3v) is 2.55. The van der Waals surface area contributed by atoms with E-state index < -0.39 is 0 Å². The third kappa shape index (κ3) is 8.08. The van der Waals surface area contributed by atoms with Crippen LogP contribution in [0.1, 0.15) is 53.4 Å². The molecule has 0 aliphatic heterocycles. The normalized spacial score (nSPS) is 11.6. The van der Waals surface area contributed by atoms with E-state index in [4.69, 9.17) is 9.47 Å². The molecule has 3 nitrogen and oxygen atoms in total. The first kappa shape index (κ1) is 15.9. The van der Waals surface area contributed by atoms with Crippen LogP contribution in [0.2, 0.25) is 0 Å². The van der Waals surface area contributed by atoms with Gasteiger partial charge in [0.1, 0.15) is 0 Å². The van der Waals surface area contributed by atoms with Crippen molar-refractivity contribution in [2.75, 3.05) is 19.8 Å². The fraction of sp³-hybridized carbons (Fsp3) is 1.00. The van der Waals surface area contributed by atoms with Crippen molar-refractivity contribution in [2.45, 2.75) is 65.7 Å². The van der Waals surface area contributed by atoms with Crippen LogP contribution in [0, 0.1) is 0 Å². The van der Waals surface area contributed by atoms with Gasteiger partial charge in [-0.2, -0.15) is 0 Å². The van der Waals surface area contributed by atoms with E-state index in [9.17, 15) is 0 Å². The van der Waals surface area contributed by atoms with Gasteiger partial charge in [0.2, 0.25) is 0 Å². The first-order chi connectivity index (χ1) is 7.78. The molecule has 0 aromatic heterocycles. The zero-order valence-corrected chi connectivity index (χ0v) is 11.4. The van der Waals surface area contributed by atoms with Gasteiger partial charge in [0, 0.05) is 25.8 Å². The highest BCUT2D eigenvalue weighted by atomic mass is 16.7. The van der Waals surface area contributed by atoms with E-state index in [0.29, 0.717) is 19.3 Å². The summed E-state index contributed by atoms with van der Waals surface area (Å²) in [5.41, 5.74) is 0. The summed E-state index contributed by atoms with van der Waals surface area (Å²) in [6.07, 6.45) is 4.83. The van der Waals surface area contributed by atoms with Gasteiger partial charge in [0.05, 0.1) is 0 Å². The van der Waals surface area contributed by atoms with Gasteiger partial charge in [-0.25, -0.2) is 0 Å². The molecule has 0 saturated carbocycles. The van der Waals surface area contributed by atoms with E-state index in [1.807, 2.05) is 13.8 Å². The predicted molar refractivity (Wildman–Crippen MR) is 68.6 cm³/mol. The monoisotopic (exact) mass is 231 g/mol. The molecule has 0 aliphatic rings. The summed E-state index contributed by atoms with van der Waals surface area (Å²) in [5, 5.41) is 3.54. The lowest BCUT2D eigenvalue weighted by molar-refractivity contribution is -0.133. The van der Waals surface area contributed by atoms with E-state index >= 15 is 0 Å². The molecule has 0 rings (SSSR count). The van der Waals surface area contributed by atoms with Crippen LogP contribution in [-0.2, 0) is 9.47 Å². The van der Waals surface area contributed by atoms with Gasteiger partial charge in [-0.05, 0) is 26.7 Å². The molecule has 0 saturated heterocycles. The van der Waals surface area contributed by atoms with Crippen molar-refractivity contribution in [1.29, 1.82) is 0 Å². The molecule has 98 valence electrons. The molecule has 1 N–H and O–H groups in total. The summed E-state index contributed by atoms with van der Waals surface area (Å²) < 4.78 is 11.0. The van der Waals surface area contributed by atoms with E-state index in [2.05, 4.69) is 19.2 Å². The second kappa shape index (κ2) is 11.4. The van der Waals surface area contributed by atoms with Gasteiger partial charge in [0.15, 0.2) is 6.29 Å². The lowest BCUT2D eigenvalue weighted by Gasteiger charge is -2.22. The highest BCUT2D eigenvalue weighted by molar-refractivity contribution is 4.66. The molecule has 3 heteroatoms. The molecule has 0 aromatic rings. The van der Waals surface area contributed by atoms with Gasteiger partial charge in [-0.15, -0.1) is 0 Å². The molecule has 0 spiro atoms. The average Bonchev–Trinajstić information content (AvgIpc) is 2.27. The predicted octanol–water partition coefficient (Wildman–Crippen LogP) is 2.94. The van der Waals surface area contributed by atoms with Crippen molar-refractivity contribution < 1.29 is 9.47 Å². The van der Waals surface area contributed by atoms with Crippen LogP contribution >= 0.6 is 0 Å². The maximum absolute atomic E-state index is 5.50. The van der Waals surface area contributed by atoms with Crippen LogP contribution in [-0.4, -0.2) is 32.1 Å². The van der Waals surface area contributed by atoms with Crippen LogP contribution in [0.4, 0.5) is 0 Å². The Hall–Kier alpha value is -0.120. The molecule has 0 amide bonds. The van der Waals surface area contributed by atoms with Gasteiger partial charge in [-0.3, -0.25) is 0 Å². The van der Waals surface area contributed by atoms with Crippen LogP contribution in [0.5, 0.6) is 0 Å². The Morgan fingerprint density at radius 3 is 1.75 bits per heavy atom. The average molecular weight is 231 g/mol. The quantitative estimate of drug-likeness (QED) is 0.555. The Morgan fingerprint density at radius 1 is 0.875 bits per heavy atom. The van der Waals surface area contributed by atoms with Crippen LogP contribution in [0.15, 0.2) is 0 Å². The number of rotatable bonds is 11. The molecule has 0 unspecified atom stereocenters. The standard InChI is InChI=1S/C13H29NO2/c1-5-9-12(10-6-2)14-11-13(15-7-3)16-8-4/h12-14H,5-11H2,1-4H3. The van der Waals surface area contributed by atoms with E-state index in [0.717, 1.165) is 6.54 Å². The first-order valence-corrected chi connectivity index (χ1v) is 6.74. The highest BCUT2D eigenvalue weighted by Crippen LogP contribution is 2.05. The molecule has 0 bridgehead atoms. The summed E-state index contributed by atoms with van der Waals surface area (Å²) in [6, 6.07) is 0.610. The molecular formula is C13H29NO2. The number of hydrogen-bond acceptors (Lipinski definition) is 3. The second-order valence-corrected chi connectivity index (χ2v) is 4.02. The van der Waals surface area contributed by atoms with Crippen molar-refractivity contribution in [3.05, 3.63) is 0 Å². The third-order valence-electron chi connectivity index (χ3n) is 2.55. The highest BCUT2D eigenvalue weighted by Gasteiger charge is 2.11. The molecule has 16 heavy (non-hydrogen) atoms. The van der Waals surface area contributed by atoms with Crippen molar-refractivity contribution in [2.24, 2.45) is 0 Å². The molecule has 0 heterocycles. The van der Waals surface area contributed by atoms with Gasteiger partial charge >= 0.3 is 0 Å². The Bertz CT molecular complexity index is 114. The Labute approximate surface area is 101 Å². The van der Waals surface area contributed by atoms with Crippen LogP contribution < -0.4 is 5.32 Å². The summed E-state index contributed by atoms with van der Waals surface area (Å²) in [6.45, 7) is 10.7. The Balaban J connectivity index is 3.83. The van der Waals surface area contributed by atoms with E-state index in [-0.39, 0.29) is 6.29 Å². The fourth-order valence-corrected chi connectivity index (χ4v) is 1.85. The number of hydrogen-bond donors (Lipinski definition) is 1. The summed E-state index contributed by atoms with van der Waals surface area (Å²) in [5.74, 6) is 0. The Kier molecular flexibility index (Phi) is 11.3. The molecule has 0 aromatic carbocycles. The summed E-state index contributed by atoms with van der Waals surface area (Å²) in [7, 11) is 0. The minimum absolute atomic E-state index is 0.0915. The van der Waals surface area contributed by atoms with Crippen LogP contribution in [0.25, 0.3) is 0 Å². The molecule has 0 aliphatic carbocycles. The number of ether oxygens (including phenoxy) is 2. The fourth-order valence-electron chi connectivity index (χ4n) is 1.85. The van der Waals surface area contributed by atoms with Gasteiger partial charge < -0.3 is 14.8 Å². The summed E-state index contributed by atoms with van der Waals surface area (Å²) >= 11 is 0. The molecule has 0 fully saturated rings. The smallest absolute Gasteiger partial charge is 0.169 e. The minimum Gasteiger partial charge on any atom is -0.352 e. The molecule has 0 atom stereocenters. The minimum atomic E-state index is -0.0915. The summed E-state index contributed by atoms with van der Waals surface area (Å²) in [4.78, 5) is 0. The first-order valence-electron chi connectivity index (χ1n) is 6.74.